The Kier molecular flexibility index (Phi) is 4.28. The molecule has 0 spiro atoms. The van der Waals surface area contributed by atoms with Crippen molar-refractivity contribution in [3.05, 3.63) is 11.7 Å². The molecule has 2 aliphatic rings. The van der Waals surface area contributed by atoms with Crippen molar-refractivity contribution in [3.8, 4) is 0 Å². The van der Waals surface area contributed by atoms with Gasteiger partial charge in [-0.2, -0.15) is 4.98 Å². The van der Waals surface area contributed by atoms with E-state index in [0.717, 1.165) is 38.0 Å². The van der Waals surface area contributed by atoms with Crippen molar-refractivity contribution in [2.75, 3.05) is 20.3 Å². The summed E-state index contributed by atoms with van der Waals surface area (Å²) in [6, 6.07) is 0.0249. The van der Waals surface area contributed by atoms with E-state index in [2.05, 4.69) is 17.1 Å². The average molecular weight is 295 g/mol. The Hall–Kier alpha value is -0.980. The number of hydrogen-bond acceptors (Lipinski definition) is 6. The topological polar surface area (TPSA) is 83.4 Å². The van der Waals surface area contributed by atoms with Gasteiger partial charge in [0.25, 0.3) is 0 Å². The van der Waals surface area contributed by atoms with Crippen molar-refractivity contribution in [2.45, 2.75) is 56.6 Å². The zero-order valence-corrected chi connectivity index (χ0v) is 12.9. The van der Waals surface area contributed by atoms with Gasteiger partial charge in [0.2, 0.25) is 11.7 Å². The molecule has 2 N–H and O–H groups in total. The fourth-order valence-electron chi connectivity index (χ4n) is 3.33. The van der Waals surface area contributed by atoms with Gasteiger partial charge in [-0.3, -0.25) is 0 Å². The normalized spacial score (nSPS) is 37.6. The quantitative estimate of drug-likeness (QED) is 0.917. The summed E-state index contributed by atoms with van der Waals surface area (Å²) in [5, 5.41) is 4.20. The second-order valence-corrected chi connectivity index (χ2v) is 6.47. The molecule has 1 aromatic heterocycles. The van der Waals surface area contributed by atoms with Crippen molar-refractivity contribution in [2.24, 2.45) is 11.7 Å². The molecule has 2 fully saturated rings. The highest BCUT2D eigenvalue weighted by molar-refractivity contribution is 5.07. The van der Waals surface area contributed by atoms with Crippen LogP contribution in [-0.4, -0.2) is 36.5 Å². The van der Waals surface area contributed by atoms with E-state index in [-0.39, 0.29) is 12.0 Å². The predicted octanol–water partition coefficient (Wildman–Crippen LogP) is 1.95. The van der Waals surface area contributed by atoms with Gasteiger partial charge >= 0.3 is 0 Å². The Balaban J connectivity index is 1.80. The van der Waals surface area contributed by atoms with Gasteiger partial charge in [-0.1, -0.05) is 12.1 Å². The molecule has 1 aliphatic carbocycles. The first-order valence-electron chi connectivity index (χ1n) is 7.87. The van der Waals surface area contributed by atoms with E-state index in [0.29, 0.717) is 24.9 Å². The van der Waals surface area contributed by atoms with Gasteiger partial charge < -0.3 is 19.7 Å². The van der Waals surface area contributed by atoms with Crippen molar-refractivity contribution in [1.82, 2.24) is 10.1 Å². The van der Waals surface area contributed by atoms with E-state index < -0.39 is 5.60 Å². The van der Waals surface area contributed by atoms with Crippen LogP contribution in [-0.2, 0) is 15.1 Å². The maximum absolute atomic E-state index is 6.14. The van der Waals surface area contributed by atoms with Crippen molar-refractivity contribution < 1.29 is 14.0 Å². The van der Waals surface area contributed by atoms with Crippen LogP contribution in [0.3, 0.4) is 0 Å². The number of methoxy groups -OCH3 is 1. The molecule has 2 unspecified atom stereocenters. The fourth-order valence-corrected chi connectivity index (χ4v) is 3.33. The molecule has 1 saturated heterocycles. The second kappa shape index (κ2) is 6.02. The van der Waals surface area contributed by atoms with E-state index in [9.17, 15) is 0 Å². The third-order valence-electron chi connectivity index (χ3n) is 5.05. The smallest absolute Gasteiger partial charge is 0.233 e. The molecule has 6 heteroatoms. The minimum Gasteiger partial charge on any atom is -0.381 e. The van der Waals surface area contributed by atoms with Gasteiger partial charge in [0.05, 0.1) is 12.5 Å². The number of nitrogens with zero attached hydrogens (tertiary/aromatic N) is 2. The van der Waals surface area contributed by atoms with Gasteiger partial charge in [-0.15, -0.1) is 0 Å². The minimum absolute atomic E-state index is 0.00331. The van der Waals surface area contributed by atoms with Crippen molar-refractivity contribution in [3.63, 3.8) is 0 Å². The van der Waals surface area contributed by atoms with Crippen LogP contribution >= 0.6 is 0 Å². The third kappa shape index (κ3) is 2.84. The van der Waals surface area contributed by atoms with Crippen LogP contribution in [0.15, 0.2) is 4.52 Å². The van der Waals surface area contributed by atoms with E-state index in [1.54, 1.807) is 7.11 Å². The molecule has 0 bridgehead atoms. The Labute approximate surface area is 125 Å². The van der Waals surface area contributed by atoms with Gasteiger partial charge in [0.15, 0.2) is 0 Å². The maximum Gasteiger partial charge on any atom is 0.233 e. The number of hydrogen-bond donors (Lipinski definition) is 1. The molecule has 2 heterocycles. The van der Waals surface area contributed by atoms with Crippen LogP contribution in [0, 0.1) is 5.92 Å². The number of rotatable bonds is 3. The molecule has 0 radical (unpaired) electrons. The SMILES string of the molecule is COC1(c2noc(C3COCCC3N)n2)CCC(C)CC1. The van der Waals surface area contributed by atoms with Gasteiger partial charge in [-0.05, 0) is 38.0 Å². The summed E-state index contributed by atoms with van der Waals surface area (Å²) in [4.78, 5) is 4.61. The first kappa shape index (κ1) is 14.9. The van der Waals surface area contributed by atoms with Crippen LogP contribution in [0.5, 0.6) is 0 Å². The summed E-state index contributed by atoms with van der Waals surface area (Å²) in [7, 11) is 1.74. The highest BCUT2D eigenvalue weighted by Gasteiger charge is 2.41. The van der Waals surface area contributed by atoms with E-state index in [1.807, 2.05) is 0 Å². The molecule has 0 amide bonds. The van der Waals surface area contributed by atoms with Gasteiger partial charge in [0.1, 0.15) is 5.60 Å². The summed E-state index contributed by atoms with van der Waals surface area (Å²) in [6.07, 6.45) is 4.97. The van der Waals surface area contributed by atoms with Crippen LogP contribution in [0.1, 0.15) is 56.7 Å². The highest BCUT2D eigenvalue weighted by Crippen LogP contribution is 2.41. The van der Waals surface area contributed by atoms with Crippen molar-refractivity contribution in [1.29, 1.82) is 0 Å². The summed E-state index contributed by atoms with van der Waals surface area (Å²) in [5.74, 6) is 1.99. The molecular formula is C15H25N3O3. The Bertz CT molecular complexity index is 468. The van der Waals surface area contributed by atoms with Gasteiger partial charge in [0, 0.05) is 19.8 Å². The lowest BCUT2D eigenvalue weighted by molar-refractivity contribution is -0.0609. The van der Waals surface area contributed by atoms with Crippen LogP contribution in [0.25, 0.3) is 0 Å². The number of aromatic nitrogens is 2. The summed E-state index contributed by atoms with van der Waals surface area (Å²) < 4.78 is 16.8. The molecule has 0 aromatic carbocycles. The van der Waals surface area contributed by atoms with Crippen LogP contribution in [0.4, 0.5) is 0 Å². The lowest BCUT2D eigenvalue weighted by Gasteiger charge is -2.35. The predicted molar refractivity (Wildman–Crippen MR) is 76.8 cm³/mol. The summed E-state index contributed by atoms with van der Waals surface area (Å²) in [5.41, 5.74) is 5.75. The Morgan fingerprint density at radius 3 is 2.71 bits per heavy atom. The zero-order valence-electron chi connectivity index (χ0n) is 12.9. The molecule has 1 aromatic rings. The minimum atomic E-state index is -0.395. The second-order valence-electron chi connectivity index (χ2n) is 6.47. The molecule has 2 atom stereocenters. The summed E-state index contributed by atoms with van der Waals surface area (Å²) >= 11 is 0. The van der Waals surface area contributed by atoms with Crippen LogP contribution < -0.4 is 5.73 Å². The zero-order chi connectivity index (χ0) is 14.9. The molecule has 1 saturated carbocycles. The lowest BCUT2D eigenvalue weighted by Crippen LogP contribution is -2.37. The average Bonchev–Trinajstić information content (AvgIpc) is 2.99. The molecule has 1 aliphatic heterocycles. The Morgan fingerprint density at radius 1 is 1.29 bits per heavy atom. The number of nitrogens with two attached hydrogens (primary N) is 1. The van der Waals surface area contributed by atoms with E-state index in [1.165, 1.54) is 0 Å². The summed E-state index contributed by atoms with van der Waals surface area (Å²) in [6.45, 7) is 3.54. The largest absolute Gasteiger partial charge is 0.381 e. The fraction of sp³-hybridized carbons (Fsp3) is 0.867. The molecular weight excluding hydrogens is 270 g/mol. The van der Waals surface area contributed by atoms with Gasteiger partial charge in [-0.25, -0.2) is 0 Å². The lowest BCUT2D eigenvalue weighted by atomic mass is 9.79. The standard InChI is InChI=1S/C15H25N3O3/c1-10-3-6-15(19-2,7-4-10)14-17-13(21-18-14)11-9-20-8-5-12(11)16/h10-12H,3-9,16H2,1-2H3. The third-order valence-corrected chi connectivity index (χ3v) is 5.05. The van der Waals surface area contributed by atoms with E-state index >= 15 is 0 Å². The number of ether oxygens (including phenoxy) is 2. The van der Waals surface area contributed by atoms with Crippen molar-refractivity contribution >= 4 is 0 Å². The molecule has 6 nitrogen and oxygen atoms in total. The first-order chi connectivity index (χ1) is 10.1. The molecule has 3 rings (SSSR count). The monoisotopic (exact) mass is 295 g/mol. The Morgan fingerprint density at radius 2 is 2.05 bits per heavy atom. The highest BCUT2D eigenvalue weighted by atomic mass is 16.5. The maximum atomic E-state index is 6.14. The molecule has 21 heavy (non-hydrogen) atoms. The van der Waals surface area contributed by atoms with Crippen LogP contribution in [0.2, 0.25) is 0 Å². The molecule has 118 valence electrons. The first-order valence-corrected chi connectivity index (χ1v) is 7.87. The van der Waals surface area contributed by atoms with E-state index in [4.69, 9.17) is 19.7 Å².